The largest absolute Gasteiger partial charge is 0.478 e. The summed E-state index contributed by atoms with van der Waals surface area (Å²) in [6, 6.07) is 8.55. The monoisotopic (exact) mass is 531 g/mol. The number of pyridine rings is 1. The molecule has 0 aliphatic carbocycles. The molecular formula is C20H30IN5O2S. The van der Waals surface area contributed by atoms with Gasteiger partial charge in [-0.1, -0.05) is 12.1 Å². The maximum Gasteiger partial charge on any atom is 0.218 e. The number of hydrogen-bond acceptors (Lipinski definition) is 6. The Hall–Kier alpha value is -1.43. The van der Waals surface area contributed by atoms with Crippen molar-refractivity contribution < 1.29 is 9.47 Å². The van der Waals surface area contributed by atoms with E-state index in [-0.39, 0.29) is 24.0 Å². The molecule has 3 heterocycles. The van der Waals surface area contributed by atoms with E-state index in [9.17, 15) is 0 Å². The zero-order chi connectivity index (χ0) is 19.6. The number of ether oxygens (including phenoxy) is 2. The van der Waals surface area contributed by atoms with Gasteiger partial charge in [0.05, 0.1) is 25.9 Å². The van der Waals surface area contributed by atoms with Crippen LogP contribution in [0.5, 0.6) is 5.88 Å². The molecule has 2 N–H and O–H groups in total. The number of nitrogens with zero attached hydrogens (tertiary/aromatic N) is 3. The minimum Gasteiger partial charge on any atom is -0.478 e. The Bertz CT molecular complexity index is 738. The van der Waals surface area contributed by atoms with Crippen LogP contribution < -0.4 is 15.4 Å². The number of nitrogens with one attached hydrogen (secondary N) is 2. The first-order chi connectivity index (χ1) is 13.8. The normalized spacial score (nSPS) is 16.0. The molecule has 1 aliphatic rings. The first kappa shape index (κ1) is 23.8. The van der Waals surface area contributed by atoms with Gasteiger partial charge in [0, 0.05) is 49.9 Å². The van der Waals surface area contributed by atoms with Crippen LogP contribution in [-0.4, -0.2) is 62.3 Å². The molecule has 0 saturated carbocycles. The van der Waals surface area contributed by atoms with Gasteiger partial charge in [0.25, 0.3) is 0 Å². The average Bonchev–Trinajstić information content (AvgIpc) is 3.27. The van der Waals surface area contributed by atoms with Crippen molar-refractivity contribution in [1.29, 1.82) is 0 Å². The summed E-state index contributed by atoms with van der Waals surface area (Å²) in [5, 5.41) is 8.98. The van der Waals surface area contributed by atoms with Crippen LogP contribution in [0.25, 0.3) is 0 Å². The fourth-order valence-electron chi connectivity index (χ4n) is 3.20. The molecule has 0 bridgehead atoms. The predicted octanol–water partition coefficient (Wildman–Crippen LogP) is 2.90. The summed E-state index contributed by atoms with van der Waals surface area (Å²) in [6.45, 7) is 7.41. The van der Waals surface area contributed by atoms with E-state index in [4.69, 9.17) is 9.47 Å². The Kier molecular flexibility index (Phi) is 10.7. The molecule has 2 aromatic heterocycles. The lowest BCUT2D eigenvalue weighted by Gasteiger charge is -2.34. The van der Waals surface area contributed by atoms with Crippen LogP contribution in [0.2, 0.25) is 0 Å². The molecular weight excluding hydrogens is 501 g/mol. The van der Waals surface area contributed by atoms with E-state index in [0.29, 0.717) is 25.1 Å². The maximum absolute atomic E-state index is 5.60. The molecule has 0 spiro atoms. The van der Waals surface area contributed by atoms with E-state index in [1.54, 1.807) is 24.6 Å². The van der Waals surface area contributed by atoms with Crippen molar-refractivity contribution in [1.82, 2.24) is 20.5 Å². The maximum atomic E-state index is 5.60. The van der Waals surface area contributed by atoms with E-state index < -0.39 is 0 Å². The van der Waals surface area contributed by atoms with E-state index in [1.165, 1.54) is 4.88 Å². The standard InChI is InChI=1S/C20H29N5O2S.HI/c1-3-27-19-16(6-4-8-22-19)14-23-20(21-2)24-15-17(18-7-5-13-28-18)25-9-11-26-12-10-25;/h4-8,13,17H,3,9-12,14-15H2,1-2H3,(H2,21,23,24);1H. The zero-order valence-electron chi connectivity index (χ0n) is 17.0. The molecule has 7 nitrogen and oxygen atoms in total. The topological polar surface area (TPSA) is 71.0 Å². The van der Waals surface area contributed by atoms with Gasteiger partial charge in [0.2, 0.25) is 5.88 Å². The van der Waals surface area contributed by atoms with Crippen LogP contribution in [0.3, 0.4) is 0 Å². The first-order valence-electron chi connectivity index (χ1n) is 9.68. The van der Waals surface area contributed by atoms with Crippen LogP contribution >= 0.6 is 35.3 Å². The Labute approximate surface area is 193 Å². The quantitative estimate of drug-likeness (QED) is 0.310. The first-order valence-corrected chi connectivity index (χ1v) is 10.6. The Morgan fingerprint density at radius 1 is 1.31 bits per heavy atom. The molecule has 160 valence electrons. The minimum absolute atomic E-state index is 0. The van der Waals surface area contributed by atoms with E-state index >= 15 is 0 Å². The molecule has 2 aromatic rings. The Morgan fingerprint density at radius 2 is 2.14 bits per heavy atom. The number of rotatable bonds is 8. The number of morpholine rings is 1. The van der Waals surface area contributed by atoms with Gasteiger partial charge < -0.3 is 20.1 Å². The Morgan fingerprint density at radius 3 is 2.83 bits per heavy atom. The summed E-state index contributed by atoms with van der Waals surface area (Å²) in [4.78, 5) is 12.5. The second kappa shape index (κ2) is 13.0. The highest BCUT2D eigenvalue weighted by Gasteiger charge is 2.23. The highest BCUT2D eigenvalue weighted by molar-refractivity contribution is 14.0. The van der Waals surface area contributed by atoms with Gasteiger partial charge in [0.1, 0.15) is 0 Å². The van der Waals surface area contributed by atoms with Crippen LogP contribution in [0.1, 0.15) is 23.4 Å². The van der Waals surface area contributed by atoms with E-state index in [2.05, 4.69) is 43.0 Å². The molecule has 9 heteroatoms. The second-order valence-electron chi connectivity index (χ2n) is 6.39. The predicted molar refractivity (Wildman–Crippen MR) is 128 cm³/mol. The summed E-state index contributed by atoms with van der Waals surface area (Å²) in [7, 11) is 1.79. The SMILES string of the molecule is CCOc1ncccc1CNC(=NC)NCC(c1cccs1)N1CCOCC1.I. The molecule has 0 radical (unpaired) electrons. The van der Waals surface area contributed by atoms with Gasteiger partial charge in [-0.05, 0) is 24.4 Å². The van der Waals surface area contributed by atoms with E-state index in [1.807, 2.05) is 19.1 Å². The van der Waals surface area contributed by atoms with Crippen LogP contribution in [0.15, 0.2) is 40.8 Å². The number of guanidine groups is 1. The second-order valence-corrected chi connectivity index (χ2v) is 7.37. The highest BCUT2D eigenvalue weighted by Crippen LogP contribution is 2.25. The summed E-state index contributed by atoms with van der Waals surface area (Å²) in [6.07, 6.45) is 1.75. The van der Waals surface area contributed by atoms with Crippen molar-refractivity contribution in [3.8, 4) is 5.88 Å². The van der Waals surface area contributed by atoms with Gasteiger partial charge in [0.15, 0.2) is 5.96 Å². The lowest BCUT2D eigenvalue weighted by molar-refractivity contribution is 0.0177. The van der Waals surface area contributed by atoms with Gasteiger partial charge in [-0.3, -0.25) is 9.89 Å². The molecule has 1 atom stereocenters. The molecule has 1 fully saturated rings. The van der Waals surface area contributed by atoms with Crippen LogP contribution in [0, 0.1) is 0 Å². The molecule has 3 rings (SSSR count). The van der Waals surface area contributed by atoms with Crippen molar-refractivity contribution in [2.45, 2.75) is 19.5 Å². The minimum atomic E-state index is 0. The Balaban J connectivity index is 0.00000300. The van der Waals surface area contributed by atoms with Crippen molar-refractivity contribution in [3.05, 3.63) is 46.3 Å². The van der Waals surface area contributed by atoms with Crippen molar-refractivity contribution in [2.24, 2.45) is 4.99 Å². The molecule has 1 unspecified atom stereocenters. The van der Waals surface area contributed by atoms with Gasteiger partial charge >= 0.3 is 0 Å². The summed E-state index contributed by atoms with van der Waals surface area (Å²) < 4.78 is 11.1. The van der Waals surface area contributed by atoms with Crippen molar-refractivity contribution >= 4 is 41.3 Å². The third kappa shape index (κ3) is 7.09. The smallest absolute Gasteiger partial charge is 0.218 e. The summed E-state index contributed by atoms with van der Waals surface area (Å²) in [5.74, 6) is 1.43. The number of hydrogen-bond donors (Lipinski definition) is 2. The van der Waals surface area contributed by atoms with Gasteiger partial charge in [-0.25, -0.2) is 4.98 Å². The molecule has 1 aliphatic heterocycles. The van der Waals surface area contributed by atoms with Crippen LogP contribution in [-0.2, 0) is 11.3 Å². The number of halogens is 1. The van der Waals surface area contributed by atoms with Crippen molar-refractivity contribution in [2.75, 3.05) is 46.5 Å². The average molecular weight is 531 g/mol. The number of aromatic nitrogens is 1. The lowest BCUT2D eigenvalue weighted by atomic mass is 10.2. The highest BCUT2D eigenvalue weighted by atomic mass is 127. The fourth-order valence-corrected chi connectivity index (χ4v) is 4.06. The van der Waals surface area contributed by atoms with Crippen molar-refractivity contribution in [3.63, 3.8) is 0 Å². The van der Waals surface area contributed by atoms with Gasteiger partial charge in [-0.2, -0.15) is 0 Å². The number of thiophene rings is 1. The zero-order valence-corrected chi connectivity index (χ0v) is 20.1. The number of aliphatic imine (C=N–C) groups is 1. The van der Waals surface area contributed by atoms with E-state index in [0.717, 1.165) is 44.4 Å². The molecule has 0 amide bonds. The fraction of sp³-hybridized carbons (Fsp3) is 0.500. The van der Waals surface area contributed by atoms with Crippen LogP contribution in [0.4, 0.5) is 0 Å². The molecule has 29 heavy (non-hydrogen) atoms. The summed E-state index contributed by atoms with van der Waals surface area (Å²) >= 11 is 1.79. The lowest BCUT2D eigenvalue weighted by Crippen LogP contribution is -2.46. The third-order valence-corrected chi connectivity index (χ3v) is 5.60. The molecule has 1 saturated heterocycles. The third-order valence-electron chi connectivity index (χ3n) is 4.62. The van der Waals surface area contributed by atoms with Gasteiger partial charge in [-0.15, -0.1) is 35.3 Å². The summed E-state index contributed by atoms with van der Waals surface area (Å²) in [5.41, 5.74) is 1.01. The molecule has 0 aromatic carbocycles.